The first kappa shape index (κ1) is 21.0. The van der Waals surface area contributed by atoms with Crippen molar-refractivity contribution in [3.8, 4) is 5.75 Å². The lowest BCUT2D eigenvalue weighted by Crippen LogP contribution is -2.50. The Kier molecular flexibility index (Phi) is 6.89. The Hall–Kier alpha value is -1.72. The highest BCUT2D eigenvalue weighted by atomic mass is 16.3. The molecule has 0 aliphatic heterocycles. The van der Waals surface area contributed by atoms with Crippen LogP contribution in [0.4, 0.5) is 0 Å². The molecule has 3 N–H and O–H groups in total. The van der Waals surface area contributed by atoms with Gasteiger partial charge in [-0.2, -0.15) is 0 Å². The lowest BCUT2D eigenvalue weighted by Gasteiger charge is -2.50. The number of carbonyl (C=O) groups excluding carboxylic acids is 2. The van der Waals surface area contributed by atoms with Gasteiger partial charge in [0.1, 0.15) is 17.3 Å². The number of benzene rings is 1. The van der Waals surface area contributed by atoms with Crippen LogP contribution in [0.1, 0.15) is 44.6 Å². The summed E-state index contributed by atoms with van der Waals surface area (Å²) in [7, 11) is 0. The van der Waals surface area contributed by atoms with Crippen molar-refractivity contribution in [1.29, 1.82) is 0 Å². The first-order valence-electron chi connectivity index (χ1n) is 10.5. The number of aliphatic hydroxyl groups is 2. The molecule has 5 nitrogen and oxygen atoms in total. The second-order valence-corrected chi connectivity index (χ2v) is 8.76. The van der Waals surface area contributed by atoms with Crippen LogP contribution in [0.5, 0.6) is 5.75 Å². The maximum Gasteiger partial charge on any atom is 0.140 e. The minimum absolute atomic E-state index is 0.0109. The van der Waals surface area contributed by atoms with Crippen molar-refractivity contribution >= 4 is 11.6 Å². The van der Waals surface area contributed by atoms with E-state index in [9.17, 15) is 24.9 Å². The summed E-state index contributed by atoms with van der Waals surface area (Å²) in [6.45, 7) is 1.70. The summed E-state index contributed by atoms with van der Waals surface area (Å²) in [4.78, 5) is 25.4. The number of phenolic OH excluding ortho intramolecular Hbond substituents is 1. The van der Waals surface area contributed by atoms with Crippen molar-refractivity contribution in [1.82, 2.24) is 0 Å². The zero-order chi connectivity index (χ0) is 20.3. The van der Waals surface area contributed by atoms with Crippen LogP contribution in [-0.4, -0.2) is 40.1 Å². The zero-order valence-electron chi connectivity index (χ0n) is 16.6. The Morgan fingerprint density at radius 3 is 2.39 bits per heavy atom. The first-order chi connectivity index (χ1) is 13.4. The summed E-state index contributed by atoms with van der Waals surface area (Å²) in [5.41, 5.74) is 1.02. The van der Waals surface area contributed by atoms with Gasteiger partial charge in [-0.1, -0.05) is 12.1 Å². The van der Waals surface area contributed by atoms with Crippen molar-refractivity contribution in [3.63, 3.8) is 0 Å². The van der Waals surface area contributed by atoms with Gasteiger partial charge in [-0.25, -0.2) is 0 Å². The van der Waals surface area contributed by atoms with Gasteiger partial charge in [0, 0.05) is 31.5 Å². The summed E-state index contributed by atoms with van der Waals surface area (Å²) in [6.07, 6.45) is 4.07. The molecule has 5 heteroatoms. The van der Waals surface area contributed by atoms with E-state index in [1.807, 2.05) is 12.1 Å². The van der Waals surface area contributed by atoms with Gasteiger partial charge in [0.2, 0.25) is 0 Å². The Morgan fingerprint density at radius 1 is 1.07 bits per heavy atom. The Bertz CT molecular complexity index is 683. The number of rotatable bonds is 7. The van der Waals surface area contributed by atoms with Crippen LogP contribution in [0.2, 0.25) is 0 Å². The molecule has 0 heterocycles. The summed E-state index contributed by atoms with van der Waals surface area (Å²) in [6, 6.07) is 7.00. The highest BCUT2D eigenvalue weighted by molar-refractivity contribution is 5.90. The molecule has 3 rings (SSSR count). The molecular weight excluding hydrogens is 356 g/mol. The predicted molar refractivity (Wildman–Crippen MR) is 106 cm³/mol. The van der Waals surface area contributed by atoms with E-state index in [0.717, 1.165) is 24.8 Å². The zero-order valence-corrected chi connectivity index (χ0v) is 16.6. The van der Waals surface area contributed by atoms with Crippen molar-refractivity contribution in [3.05, 3.63) is 29.8 Å². The van der Waals surface area contributed by atoms with Crippen LogP contribution < -0.4 is 0 Å². The second-order valence-electron chi connectivity index (χ2n) is 8.76. The predicted octanol–water partition coefficient (Wildman–Crippen LogP) is 2.75. The number of ketones is 2. The number of aliphatic hydroxyl groups excluding tert-OH is 2. The molecule has 2 aliphatic rings. The average Bonchev–Trinajstić information content (AvgIpc) is 2.68. The van der Waals surface area contributed by atoms with Gasteiger partial charge < -0.3 is 20.1 Å². The lowest BCUT2D eigenvalue weighted by molar-refractivity contribution is -0.144. The largest absolute Gasteiger partial charge is 0.508 e. The van der Waals surface area contributed by atoms with Crippen LogP contribution >= 0.6 is 0 Å². The molecule has 0 amide bonds. The molecule has 0 spiro atoms. The topological polar surface area (TPSA) is 94.8 Å². The number of aromatic hydroxyl groups is 1. The van der Waals surface area contributed by atoms with Gasteiger partial charge in [0.25, 0.3) is 0 Å². The molecule has 28 heavy (non-hydrogen) atoms. The number of Topliss-reactive ketones (excluding diaryl/α,β-unsaturated/α-hetero) is 2. The van der Waals surface area contributed by atoms with Crippen LogP contribution in [-0.2, 0) is 16.0 Å². The van der Waals surface area contributed by atoms with Crippen LogP contribution in [0.25, 0.3) is 0 Å². The lowest BCUT2D eigenvalue weighted by atomic mass is 9.53. The van der Waals surface area contributed by atoms with Gasteiger partial charge in [0.05, 0.1) is 0 Å². The first-order valence-corrected chi connectivity index (χ1v) is 10.5. The molecular formula is C23H32O5. The molecule has 2 saturated carbocycles. The quantitative estimate of drug-likeness (QED) is 0.668. The molecule has 2 aliphatic carbocycles. The number of hydrogen-bond acceptors (Lipinski definition) is 5. The Balaban J connectivity index is 1.92. The number of fused-ring (bicyclic) bond motifs is 1. The summed E-state index contributed by atoms with van der Waals surface area (Å²) in [5.74, 6) is 0.616. The van der Waals surface area contributed by atoms with E-state index >= 15 is 0 Å². The molecule has 1 unspecified atom stereocenters. The fourth-order valence-corrected chi connectivity index (χ4v) is 5.74. The van der Waals surface area contributed by atoms with E-state index in [1.165, 1.54) is 6.92 Å². The van der Waals surface area contributed by atoms with Gasteiger partial charge in [-0.05, 0) is 80.4 Å². The van der Waals surface area contributed by atoms with Gasteiger partial charge in [-0.3, -0.25) is 4.79 Å². The molecule has 6 atom stereocenters. The third kappa shape index (κ3) is 4.47. The molecule has 154 valence electrons. The Morgan fingerprint density at radius 2 is 1.79 bits per heavy atom. The highest BCUT2D eigenvalue weighted by Crippen LogP contribution is 2.51. The summed E-state index contributed by atoms with van der Waals surface area (Å²) >= 11 is 0. The van der Waals surface area contributed by atoms with E-state index in [4.69, 9.17) is 0 Å². The van der Waals surface area contributed by atoms with Gasteiger partial charge in [-0.15, -0.1) is 0 Å². The standard InChI is InChI=1S/C23H32O5/c1-14(26)10-21-19(8-9-24)20-12-16(13-25)4-7-18(20)22(23(21)28)11-15-2-5-17(27)6-3-15/h2-3,5-6,16,18-22,24-25,27H,4,7-13H2,1H3/t16?,18-,19-,20-,21+,22+/m1/s1. The molecule has 0 aromatic heterocycles. The maximum atomic E-state index is 13.5. The molecule has 1 aromatic carbocycles. The Labute approximate surface area is 166 Å². The normalized spacial score (nSPS) is 32.8. The molecule has 2 fully saturated rings. The number of carbonyl (C=O) groups is 2. The third-order valence-corrected chi connectivity index (χ3v) is 7.00. The van der Waals surface area contributed by atoms with Crippen molar-refractivity contribution < 1.29 is 24.9 Å². The van der Waals surface area contributed by atoms with E-state index in [2.05, 4.69) is 0 Å². The number of phenols is 1. The van der Waals surface area contributed by atoms with Crippen LogP contribution in [0, 0.1) is 35.5 Å². The van der Waals surface area contributed by atoms with Gasteiger partial charge in [0.15, 0.2) is 0 Å². The van der Waals surface area contributed by atoms with Gasteiger partial charge >= 0.3 is 0 Å². The van der Waals surface area contributed by atoms with E-state index < -0.39 is 0 Å². The van der Waals surface area contributed by atoms with Crippen molar-refractivity contribution in [2.24, 2.45) is 35.5 Å². The minimum atomic E-state index is -0.342. The minimum Gasteiger partial charge on any atom is -0.508 e. The molecule has 0 bridgehead atoms. The number of hydrogen-bond donors (Lipinski definition) is 3. The van der Waals surface area contributed by atoms with Crippen molar-refractivity contribution in [2.75, 3.05) is 13.2 Å². The van der Waals surface area contributed by atoms with Crippen molar-refractivity contribution in [2.45, 2.75) is 45.4 Å². The smallest absolute Gasteiger partial charge is 0.140 e. The third-order valence-electron chi connectivity index (χ3n) is 7.00. The average molecular weight is 389 g/mol. The highest BCUT2D eigenvalue weighted by Gasteiger charge is 2.51. The second kappa shape index (κ2) is 9.19. The van der Waals surface area contributed by atoms with E-state index in [-0.39, 0.29) is 72.5 Å². The summed E-state index contributed by atoms with van der Waals surface area (Å²) in [5, 5.41) is 28.9. The molecule has 1 aromatic rings. The molecule has 0 saturated heterocycles. The van der Waals surface area contributed by atoms with Crippen LogP contribution in [0.3, 0.4) is 0 Å². The van der Waals surface area contributed by atoms with Crippen LogP contribution in [0.15, 0.2) is 24.3 Å². The van der Waals surface area contributed by atoms with E-state index in [0.29, 0.717) is 12.8 Å². The summed E-state index contributed by atoms with van der Waals surface area (Å²) < 4.78 is 0. The monoisotopic (exact) mass is 388 g/mol. The molecule has 0 radical (unpaired) electrons. The maximum absolute atomic E-state index is 13.5. The SMILES string of the molecule is CC(=O)C[C@@H]1C(=O)[C@@H](Cc2ccc(O)cc2)[C@@H]2CCC(CO)C[C@H]2[C@H]1CCO. The fraction of sp³-hybridized carbons (Fsp3) is 0.652. The van der Waals surface area contributed by atoms with E-state index in [1.54, 1.807) is 12.1 Å². The fourth-order valence-electron chi connectivity index (χ4n) is 5.74.